The summed E-state index contributed by atoms with van der Waals surface area (Å²) in [4.78, 5) is 19.6. The van der Waals surface area contributed by atoms with Crippen LogP contribution in [-0.2, 0) is 13.0 Å². The van der Waals surface area contributed by atoms with E-state index in [2.05, 4.69) is 87.9 Å². The molecule has 8 nitrogen and oxygen atoms in total. The second-order valence-electron chi connectivity index (χ2n) is 11.8. The lowest BCUT2D eigenvalue weighted by atomic mass is 9.99. The summed E-state index contributed by atoms with van der Waals surface area (Å²) in [5, 5.41) is 12.2. The summed E-state index contributed by atoms with van der Waals surface area (Å²) in [6.07, 6.45) is 3.68. The highest BCUT2D eigenvalue weighted by Crippen LogP contribution is 2.36. The number of aryl methyl sites for hydroxylation is 1. The fourth-order valence-electron chi connectivity index (χ4n) is 6.82. The third-order valence-electron chi connectivity index (χ3n) is 9.22. The van der Waals surface area contributed by atoms with E-state index in [0.717, 1.165) is 57.1 Å². The molecule has 8 heteroatoms. The summed E-state index contributed by atoms with van der Waals surface area (Å²) in [7, 11) is 2.17. The molecular formula is C34H41N7O. The van der Waals surface area contributed by atoms with Crippen molar-refractivity contribution in [2.75, 3.05) is 62.7 Å². The topological polar surface area (TPSA) is 71.8 Å². The number of aromatic nitrogens is 2. The first-order chi connectivity index (χ1) is 20.6. The van der Waals surface area contributed by atoms with Gasteiger partial charge in [-0.15, -0.1) is 5.92 Å². The first-order valence-corrected chi connectivity index (χ1v) is 15.3. The maximum atomic E-state index is 9.60. The van der Waals surface area contributed by atoms with E-state index in [0.29, 0.717) is 38.2 Å². The minimum Gasteiger partial charge on any atom is -0.462 e. The van der Waals surface area contributed by atoms with Gasteiger partial charge in [0.2, 0.25) is 0 Å². The van der Waals surface area contributed by atoms with Gasteiger partial charge in [0.1, 0.15) is 12.4 Å². The highest BCUT2D eigenvalue weighted by Gasteiger charge is 2.32. The minimum absolute atomic E-state index is 0.116. The average Bonchev–Trinajstić information content (AvgIpc) is 3.43. The van der Waals surface area contributed by atoms with Crippen molar-refractivity contribution in [3.63, 3.8) is 0 Å². The quantitative estimate of drug-likeness (QED) is 0.392. The van der Waals surface area contributed by atoms with Crippen LogP contribution >= 0.6 is 0 Å². The van der Waals surface area contributed by atoms with E-state index in [1.807, 2.05) is 6.92 Å². The number of fused-ring (bicyclic) bond motifs is 2. The van der Waals surface area contributed by atoms with Gasteiger partial charge in [-0.1, -0.05) is 36.3 Å². The van der Waals surface area contributed by atoms with Gasteiger partial charge >= 0.3 is 6.01 Å². The van der Waals surface area contributed by atoms with Crippen molar-refractivity contribution in [3.05, 3.63) is 53.2 Å². The van der Waals surface area contributed by atoms with Crippen LogP contribution in [0.25, 0.3) is 10.8 Å². The fourth-order valence-corrected chi connectivity index (χ4v) is 6.82. The first-order valence-electron chi connectivity index (χ1n) is 15.3. The van der Waals surface area contributed by atoms with Crippen molar-refractivity contribution in [1.29, 1.82) is 5.26 Å². The Labute approximate surface area is 249 Å². The van der Waals surface area contributed by atoms with E-state index >= 15 is 0 Å². The van der Waals surface area contributed by atoms with Crippen LogP contribution in [-0.4, -0.2) is 84.8 Å². The van der Waals surface area contributed by atoms with E-state index in [9.17, 15) is 5.26 Å². The molecule has 0 N–H and O–H groups in total. The normalized spacial score (nSPS) is 21.1. The zero-order valence-corrected chi connectivity index (χ0v) is 25.1. The number of rotatable bonds is 7. The van der Waals surface area contributed by atoms with E-state index in [1.165, 1.54) is 34.0 Å². The van der Waals surface area contributed by atoms with Crippen molar-refractivity contribution < 1.29 is 4.74 Å². The van der Waals surface area contributed by atoms with Crippen molar-refractivity contribution in [2.24, 2.45) is 0 Å². The number of ether oxygens (including phenoxy) is 1. The second kappa shape index (κ2) is 12.6. The Morgan fingerprint density at radius 2 is 1.88 bits per heavy atom. The van der Waals surface area contributed by atoms with Gasteiger partial charge in [0.05, 0.1) is 31.3 Å². The molecule has 0 aliphatic carbocycles. The monoisotopic (exact) mass is 563 g/mol. The van der Waals surface area contributed by atoms with Crippen molar-refractivity contribution in [1.82, 2.24) is 19.8 Å². The molecule has 2 atom stereocenters. The van der Waals surface area contributed by atoms with Gasteiger partial charge in [-0.2, -0.15) is 15.2 Å². The smallest absolute Gasteiger partial charge is 0.318 e. The SMILES string of the molecule is CC#CCN1CCN(c2nc(OCC3CCCN3C)nc3c2CCN(c2cccc4cccc(C)c24)C3)CC1CC#N. The van der Waals surface area contributed by atoms with E-state index in [-0.39, 0.29) is 6.04 Å². The Bertz CT molecular complexity index is 1530. The summed E-state index contributed by atoms with van der Waals surface area (Å²) in [5.41, 5.74) is 4.80. The third kappa shape index (κ3) is 5.75. The summed E-state index contributed by atoms with van der Waals surface area (Å²) >= 11 is 0. The predicted molar refractivity (Wildman–Crippen MR) is 168 cm³/mol. The Hall–Kier alpha value is -3.85. The molecule has 0 saturated carbocycles. The standard InChI is InChI=1S/C34H41N7O/c1-4-5-18-39-20-21-41(22-27(39)14-16-35)33-29-15-19-40(31-13-7-11-26-10-6-9-25(2)32(26)31)23-30(29)36-34(37-33)42-24-28-12-8-17-38(28)3/h6-7,9-11,13,27-28H,8,12,14-15,17-24H2,1-3H3. The van der Waals surface area contributed by atoms with Gasteiger partial charge in [0, 0.05) is 54.9 Å². The minimum atomic E-state index is 0.116. The number of hydrogen-bond donors (Lipinski definition) is 0. The fraction of sp³-hybridized carbons (Fsp3) is 0.500. The van der Waals surface area contributed by atoms with Crippen molar-refractivity contribution in [2.45, 2.75) is 58.2 Å². The summed E-state index contributed by atoms with van der Waals surface area (Å²) in [6, 6.07) is 16.5. The molecule has 6 rings (SSSR count). The molecule has 2 unspecified atom stereocenters. The number of hydrogen-bond acceptors (Lipinski definition) is 8. The van der Waals surface area contributed by atoms with Crippen LogP contribution in [0.5, 0.6) is 6.01 Å². The Morgan fingerprint density at radius 3 is 2.67 bits per heavy atom. The Morgan fingerprint density at radius 1 is 1.02 bits per heavy atom. The zero-order valence-electron chi connectivity index (χ0n) is 25.1. The molecule has 2 fully saturated rings. The number of nitrogens with zero attached hydrogens (tertiary/aromatic N) is 7. The summed E-state index contributed by atoms with van der Waals surface area (Å²) in [6.45, 7) is 10.5. The average molecular weight is 564 g/mol. The van der Waals surface area contributed by atoms with E-state index in [4.69, 9.17) is 14.7 Å². The molecule has 2 aromatic carbocycles. The van der Waals surface area contributed by atoms with E-state index < -0.39 is 0 Å². The molecule has 0 radical (unpaired) electrons. The molecule has 42 heavy (non-hydrogen) atoms. The molecule has 3 aliphatic rings. The van der Waals surface area contributed by atoms with Gasteiger partial charge in [-0.25, -0.2) is 0 Å². The molecule has 3 aliphatic heterocycles. The molecule has 0 amide bonds. The van der Waals surface area contributed by atoms with Gasteiger partial charge in [0.25, 0.3) is 0 Å². The second-order valence-corrected chi connectivity index (χ2v) is 11.8. The van der Waals surface area contributed by atoms with Crippen molar-refractivity contribution in [3.8, 4) is 23.9 Å². The molecule has 0 spiro atoms. The largest absolute Gasteiger partial charge is 0.462 e. The van der Waals surface area contributed by atoms with E-state index in [1.54, 1.807) is 0 Å². The third-order valence-corrected chi connectivity index (χ3v) is 9.22. The van der Waals surface area contributed by atoms with Gasteiger partial charge in [-0.3, -0.25) is 4.90 Å². The molecule has 1 aromatic heterocycles. The predicted octanol–water partition coefficient (Wildman–Crippen LogP) is 4.40. The van der Waals surface area contributed by atoms with Gasteiger partial charge in [0.15, 0.2) is 0 Å². The van der Waals surface area contributed by atoms with Crippen LogP contribution < -0.4 is 14.5 Å². The maximum Gasteiger partial charge on any atom is 0.318 e. The van der Waals surface area contributed by atoms with Crippen LogP contribution in [0.1, 0.15) is 43.0 Å². The lowest BCUT2D eigenvalue weighted by Gasteiger charge is -2.42. The lowest BCUT2D eigenvalue weighted by molar-refractivity contribution is 0.186. The number of anilines is 2. The summed E-state index contributed by atoms with van der Waals surface area (Å²) in [5.74, 6) is 7.18. The maximum absolute atomic E-state index is 9.60. The Balaban J connectivity index is 1.33. The highest BCUT2D eigenvalue weighted by molar-refractivity contribution is 5.97. The molecule has 218 valence electrons. The van der Waals surface area contributed by atoms with Crippen molar-refractivity contribution >= 4 is 22.3 Å². The molecule has 0 bridgehead atoms. The van der Waals surface area contributed by atoms with Crippen LogP contribution in [0.4, 0.5) is 11.5 Å². The molecular weight excluding hydrogens is 522 g/mol. The lowest BCUT2D eigenvalue weighted by Crippen LogP contribution is -2.53. The van der Waals surface area contributed by atoms with Gasteiger partial charge < -0.3 is 19.4 Å². The van der Waals surface area contributed by atoms with Crippen LogP contribution in [0, 0.1) is 30.1 Å². The van der Waals surface area contributed by atoms with Crippen LogP contribution in [0.2, 0.25) is 0 Å². The number of likely N-dealkylation sites (N-methyl/N-ethyl adjacent to an activating group) is 1. The first kappa shape index (κ1) is 28.3. The molecule has 4 heterocycles. The van der Waals surface area contributed by atoms with Crippen LogP contribution in [0.15, 0.2) is 36.4 Å². The number of nitriles is 1. The zero-order chi connectivity index (χ0) is 29.1. The van der Waals surface area contributed by atoms with Gasteiger partial charge in [-0.05, 0) is 63.7 Å². The van der Waals surface area contributed by atoms with Crippen LogP contribution in [0.3, 0.4) is 0 Å². The highest BCUT2D eigenvalue weighted by atomic mass is 16.5. The number of likely N-dealkylation sites (tertiary alicyclic amines) is 1. The number of piperazine rings is 1. The molecule has 2 saturated heterocycles. The summed E-state index contributed by atoms with van der Waals surface area (Å²) < 4.78 is 6.35. The Kier molecular flexibility index (Phi) is 8.46. The number of benzene rings is 2. The molecule has 3 aromatic rings.